The number of nitrogens with zero attached hydrogens (tertiary/aromatic N) is 1. The molecule has 9 aromatic rings. The lowest BCUT2D eigenvalue weighted by Gasteiger charge is -2.26. The van der Waals surface area contributed by atoms with Crippen LogP contribution >= 0.6 is 11.3 Å². The molecule has 0 saturated heterocycles. The van der Waals surface area contributed by atoms with E-state index in [0.717, 1.165) is 39.0 Å². The molecular weight excluding hydrogens is 567 g/mol. The Labute approximate surface area is 265 Å². The first-order valence-corrected chi connectivity index (χ1v) is 16.0. The fourth-order valence-corrected chi connectivity index (χ4v) is 7.83. The Morgan fingerprint density at radius 3 is 1.91 bits per heavy atom. The van der Waals surface area contributed by atoms with Gasteiger partial charge in [0.25, 0.3) is 0 Å². The Morgan fingerprint density at radius 1 is 0.444 bits per heavy atom. The Hall–Kier alpha value is -5.64. The van der Waals surface area contributed by atoms with Gasteiger partial charge in [-0.2, -0.15) is 0 Å². The lowest BCUT2D eigenvalue weighted by atomic mass is 10.0. The van der Waals surface area contributed by atoms with Crippen molar-refractivity contribution in [1.29, 1.82) is 0 Å². The summed E-state index contributed by atoms with van der Waals surface area (Å²) < 4.78 is 8.94. The second-order valence-corrected chi connectivity index (χ2v) is 12.4. The van der Waals surface area contributed by atoms with Crippen LogP contribution < -0.4 is 4.90 Å². The molecule has 0 aliphatic heterocycles. The molecular formula is C42H27NOS. The Morgan fingerprint density at radius 2 is 1.09 bits per heavy atom. The second kappa shape index (κ2) is 10.5. The maximum Gasteiger partial charge on any atom is 0.137 e. The van der Waals surface area contributed by atoms with E-state index in [2.05, 4.69) is 157 Å². The number of hydrogen-bond donors (Lipinski definition) is 0. The van der Waals surface area contributed by atoms with Crippen LogP contribution in [0.3, 0.4) is 0 Å². The maximum absolute atomic E-state index is 6.37. The largest absolute Gasteiger partial charge is 0.456 e. The number of fused-ring (bicyclic) bond motifs is 6. The SMILES string of the molecule is c1ccc(-c2ccc(N(c3ccc4c(c3)oc3ccccc34)c3cccc4sc5c(-c6ccccc6)cccc5c34)cc2)cc1. The monoisotopic (exact) mass is 593 g/mol. The fourth-order valence-electron chi connectivity index (χ4n) is 6.57. The molecule has 0 aliphatic rings. The molecule has 0 aliphatic carbocycles. The number of thiophene rings is 1. The molecule has 0 spiro atoms. The van der Waals surface area contributed by atoms with Crippen molar-refractivity contribution >= 4 is 70.5 Å². The summed E-state index contributed by atoms with van der Waals surface area (Å²) in [4.78, 5) is 2.38. The van der Waals surface area contributed by atoms with Crippen molar-refractivity contribution in [3.63, 3.8) is 0 Å². The van der Waals surface area contributed by atoms with Gasteiger partial charge in [-0.25, -0.2) is 0 Å². The third-order valence-corrected chi connectivity index (χ3v) is 9.88. The molecule has 9 rings (SSSR count). The van der Waals surface area contributed by atoms with E-state index in [1.807, 2.05) is 23.5 Å². The number of rotatable bonds is 5. The number of para-hydroxylation sites is 1. The Balaban J connectivity index is 1.28. The molecule has 0 amide bonds. The van der Waals surface area contributed by atoms with Gasteiger partial charge in [0.2, 0.25) is 0 Å². The van der Waals surface area contributed by atoms with Crippen molar-refractivity contribution in [3.05, 3.63) is 164 Å². The predicted octanol–water partition coefficient (Wildman–Crippen LogP) is 12.8. The summed E-state index contributed by atoms with van der Waals surface area (Å²) in [5.74, 6) is 0. The minimum Gasteiger partial charge on any atom is -0.456 e. The molecule has 3 heteroatoms. The van der Waals surface area contributed by atoms with Crippen LogP contribution in [0.4, 0.5) is 17.1 Å². The lowest BCUT2D eigenvalue weighted by Crippen LogP contribution is -2.10. The first-order chi connectivity index (χ1) is 22.3. The molecule has 7 aromatic carbocycles. The molecule has 0 saturated carbocycles. The number of benzene rings is 7. The molecule has 212 valence electrons. The molecule has 2 heterocycles. The normalized spacial score (nSPS) is 11.6. The van der Waals surface area contributed by atoms with Crippen LogP contribution in [0.2, 0.25) is 0 Å². The maximum atomic E-state index is 6.37. The molecule has 0 fully saturated rings. The van der Waals surface area contributed by atoms with Crippen LogP contribution in [-0.4, -0.2) is 0 Å². The fraction of sp³-hybridized carbons (Fsp3) is 0. The third kappa shape index (κ3) is 4.32. The van der Waals surface area contributed by atoms with Crippen molar-refractivity contribution in [2.45, 2.75) is 0 Å². The highest BCUT2D eigenvalue weighted by atomic mass is 32.1. The number of hydrogen-bond acceptors (Lipinski definition) is 3. The zero-order chi connectivity index (χ0) is 29.7. The summed E-state index contributed by atoms with van der Waals surface area (Å²) in [6, 6.07) is 58.4. The van der Waals surface area contributed by atoms with Crippen molar-refractivity contribution in [2.24, 2.45) is 0 Å². The summed E-state index contributed by atoms with van der Waals surface area (Å²) in [5.41, 5.74) is 9.99. The summed E-state index contributed by atoms with van der Waals surface area (Å²) in [6.45, 7) is 0. The van der Waals surface area contributed by atoms with Crippen LogP contribution in [0, 0.1) is 0 Å². The van der Waals surface area contributed by atoms with Crippen molar-refractivity contribution in [1.82, 2.24) is 0 Å². The van der Waals surface area contributed by atoms with Crippen LogP contribution in [-0.2, 0) is 0 Å². The molecule has 0 N–H and O–H groups in total. The molecule has 0 unspecified atom stereocenters. The minimum absolute atomic E-state index is 0.883. The van der Waals surface area contributed by atoms with E-state index < -0.39 is 0 Å². The Bertz CT molecular complexity index is 2470. The molecule has 0 atom stereocenters. The number of furan rings is 1. The van der Waals surface area contributed by atoms with E-state index >= 15 is 0 Å². The van der Waals surface area contributed by atoms with Gasteiger partial charge >= 0.3 is 0 Å². The standard InChI is InChI=1S/C42H27NOS/c1-3-11-28(12-4-1)29-21-23-31(24-22-29)43(32-25-26-35-34-15-7-8-19-38(34)44-39(35)27-32)37-18-10-20-40-41(37)36-17-9-16-33(42(36)45-40)30-13-5-2-6-14-30/h1-27H. The smallest absolute Gasteiger partial charge is 0.137 e. The van der Waals surface area contributed by atoms with Gasteiger partial charge in [0.15, 0.2) is 0 Å². The average Bonchev–Trinajstić information content (AvgIpc) is 3.68. The quantitative estimate of drug-likeness (QED) is 0.197. The zero-order valence-electron chi connectivity index (χ0n) is 24.4. The van der Waals surface area contributed by atoms with E-state index in [4.69, 9.17) is 4.42 Å². The van der Waals surface area contributed by atoms with Crippen LogP contribution in [0.5, 0.6) is 0 Å². The molecule has 0 bridgehead atoms. The molecule has 2 aromatic heterocycles. The van der Waals surface area contributed by atoms with Crippen LogP contribution in [0.1, 0.15) is 0 Å². The highest BCUT2D eigenvalue weighted by Crippen LogP contribution is 2.47. The summed E-state index contributed by atoms with van der Waals surface area (Å²) in [7, 11) is 0. The predicted molar refractivity (Wildman–Crippen MR) is 192 cm³/mol. The second-order valence-electron chi connectivity index (χ2n) is 11.3. The van der Waals surface area contributed by atoms with E-state index in [-0.39, 0.29) is 0 Å². The zero-order valence-corrected chi connectivity index (χ0v) is 25.2. The van der Waals surface area contributed by atoms with Crippen LogP contribution in [0.15, 0.2) is 168 Å². The topological polar surface area (TPSA) is 16.4 Å². The van der Waals surface area contributed by atoms with Crippen molar-refractivity contribution in [3.8, 4) is 22.3 Å². The highest BCUT2D eigenvalue weighted by molar-refractivity contribution is 7.26. The highest BCUT2D eigenvalue weighted by Gasteiger charge is 2.21. The van der Waals surface area contributed by atoms with Gasteiger partial charge in [0.05, 0.1) is 5.69 Å². The molecule has 2 nitrogen and oxygen atoms in total. The van der Waals surface area contributed by atoms with Gasteiger partial charge < -0.3 is 9.32 Å². The van der Waals surface area contributed by atoms with Gasteiger partial charge in [-0.05, 0) is 64.7 Å². The first kappa shape index (κ1) is 25.8. The third-order valence-electron chi connectivity index (χ3n) is 8.68. The van der Waals surface area contributed by atoms with Gasteiger partial charge in [-0.15, -0.1) is 11.3 Å². The van der Waals surface area contributed by atoms with Gasteiger partial charge in [-0.3, -0.25) is 0 Å². The Kier molecular flexibility index (Phi) is 6.03. The van der Waals surface area contributed by atoms with Gasteiger partial charge in [0.1, 0.15) is 11.2 Å². The average molecular weight is 594 g/mol. The van der Waals surface area contributed by atoms with Gasteiger partial charge in [0, 0.05) is 48.4 Å². The lowest BCUT2D eigenvalue weighted by molar-refractivity contribution is 0.669. The molecule has 0 radical (unpaired) electrons. The van der Waals surface area contributed by atoms with E-state index in [9.17, 15) is 0 Å². The van der Waals surface area contributed by atoms with E-state index in [1.54, 1.807) is 0 Å². The van der Waals surface area contributed by atoms with E-state index in [0.29, 0.717) is 0 Å². The van der Waals surface area contributed by atoms with Crippen LogP contribution in [0.25, 0.3) is 64.4 Å². The van der Waals surface area contributed by atoms with Crippen molar-refractivity contribution < 1.29 is 4.42 Å². The molecule has 45 heavy (non-hydrogen) atoms. The summed E-state index contributed by atoms with van der Waals surface area (Å²) in [6.07, 6.45) is 0. The minimum atomic E-state index is 0.883. The summed E-state index contributed by atoms with van der Waals surface area (Å²) in [5, 5.41) is 4.78. The van der Waals surface area contributed by atoms with Crippen molar-refractivity contribution in [2.75, 3.05) is 4.90 Å². The number of anilines is 3. The van der Waals surface area contributed by atoms with E-state index in [1.165, 1.54) is 42.4 Å². The first-order valence-electron chi connectivity index (χ1n) is 15.2. The summed E-state index contributed by atoms with van der Waals surface area (Å²) >= 11 is 1.87. The van der Waals surface area contributed by atoms with Gasteiger partial charge in [-0.1, -0.05) is 115 Å².